The average molecular weight is 623 g/mol. The molecule has 14 nitrogen and oxygen atoms in total. The van der Waals surface area contributed by atoms with E-state index in [2.05, 4.69) is 61.7 Å². The van der Waals surface area contributed by atoms with Gasteiger partial charge in [0.15, 0.2) is 0 Å². The van der Waals surface area contributed by atoms with Crippen LogP contribution in [0.3, 0.4) is 0 Å². The van der Waals surface area contributed by atoms with E-state index in [1.165, 1.54) is 6.33 Å². The molecule has 1 aliphatic carbocycles. The van der Waals surface area contributed by atoms with Crippen molar-refractivity contribution in [3.05, 3.63) is 54.4 Å². The molecule has 4 heterocycles. The lowest BCUT2D eigenvalue weighted by molar-refractivity contribution is -0.0852. The van der Waals surface area contributed by atoms with Crippen molar-refractivity contribution in [2.75, 3.05) is 18.4 Å². The van der Waals surface area contributed by atoms with E-state index >= 15 is 0 Å². The fraction of sp³-hybridized carbons (Fsp3) is 0.500. The topological polar surface area (TPSA) is 169 Å². The Labute approximate surface area is 268 Å². The number of morpholine rings is 1. The highest BCUT2D eigenvalue weighted by Gasteiger charge is 2.32. The molecule has 14 heteroatoms. The Balaban J connectivity index is 1.11. The molecule has 0 unspecified atom stereocenters. The summed E-state index contributed by atoms with van der Waals surface area (Å²) in [6, 6.07) is 10.6. The van der Waals surface area contributed by atoms with Crippen molar-refractivity contribution >= 4 is 11.6 Å². The number of rotatable bonds is 10. The molecule has 3 aromatic heterocycles. The van der Waals surface area contributed by atoms with Crippen LogP contribution < -0.4 is 10.1 Å². The number of nitriles is 2. The van der Waals surface area contributed by atoms with Gasteiger partial charge in [0, 0.05) is 43.3 Å². The number of aromatic nitrogens is 8. The summed E-state index contributed by atoms with van der Waals surface area (Å²) in [7, 11) is 0. The lowest BCUT2D eigenvalue weighted by atomic mass is 9.89. The predicted molar refractivity (Wildman–Crippen MR) is 168 cm³/mol. The Bertz CT molecular complexity index is 1670. The molecule has 3 atom stereocenters. The van der Waals surface area contributed by atoms with Gasteiger partial charge >= 0.3 is 0 Å². The van der Waals surface area contributed by atoms with Gasteiger partial charge < -0.3 is 14.8 Å². The summed E-state index contributed by atoms with van der Waals surface area (Å²) < 4.78 is 15.6. The van der Waals surface area contributed by atoms with E-state index in [4.69, 9.17) is 14.6 Å². The molecule has 0 spiro atoms. The quantitative estimate of drug-likeness (QED) is 0.269. The van der Waals surface area contributed by atoms with Gasteiger partial charge in [-0.25, -0.2) is 14.6 Å². The summed E-state index contributed by atoms with van der Waals surface area (Å²) in [5.41, 5.74) is 3.41. The fourth-order valence-electron chi connectivity index (χ4n) is 6.46. The van der Waals surface area contributed by atoms with E-state index in [0.717, 1.165) is 55.6 Å². The first-order valence-corrected chi connectivity index (χ1v) is 15.7. The van der Waals surface area contributed by atoms with E-state index < -0.39 is 0 Å². The van der Waals surface area contributed by atoms with Gasteiger partial charge in [0.05, 0.1) is 48.5 Å². The summed E-state index contributed by atoms with van der Waals surface area (Å²) >= 11 is 0. The minimum Gasteiger partial charge on any atom is -0.487 e. The molecule has 6 rings (SSSR count). The van der Waals surface area contributed by atoms with Crippen LogP contribution in [0, 0.1) is 22.7 Å². The molecule has 46 heavy (non-hydrogen) atoms. The third-order valence-corrected chi connectivity index (χ3v) is 8.56. The van der Waals surface area contributed by atoms with Crippen LogP contribution in [0.2, 0.25) is 0 Å². The van der Waals surface area contributed by atoms with Gasteiger partial charge in [-0.15, -0.1) is 5.10 Å². The van der Waals surface area contributed by atoms with E-state index in [-0.39, 0.29) is 30.8 Å². The third kappa shape index (κ3) is 7.30. The predicted octanol–water partition coefficient (Wildman–Crippen LogP) is 4.07. The molecule has 0 radical (unpaired) electrons. The summed E-state index contributed by atoms with van der Waals surface area (Å²) in [6.07, 6.45) is 11.7. The smallest absolute Gasteiger partial charge is 0.227 e. The molecule has 1 aliphatic heterocycles. The van der Waals surface area contributed by atoms with Crippen molar-refractivity contribution in [1.29, 1.82) is 10.5 Å². The van der Waals surface area contributed by atoms with Gasteiger partial charge in [0.1, 0.15) is 29.9 Å². The Kier molecular flexibility index (Phi) is 9.47. The number of hydrogen-bond acceptors (Lipinski definition) is 12. The van der Waals surface area contributed by atoms with Crippen molar-refractivity contribution in [3.8, 4) is 29.0 Å². The maximum atomic E-state index is 9.62. The van der Waals surface area contributed by atoms with Crippen LogP contribution in [0.5, 0.6) is 5.75 Å². The standard InChI is InChI=1S/C32H38N12O2/c1-21-16-42(17-22(2)45-21)27-6-8-28(9-7-27)44-19-30(29(39-44)10-11-33)38-32-35-14-26(15-36-32)24-4-5-25(13-34)31(12-24)46-23(3)18-43-20-37-40-41-43/h4-5,12,14-15,19-23,27-28H,6-10,16-18H2,1-3H3,(H,35,36,38)/t21-,22+,23-,27-,28-/m0/s1. The summed E-state index contributed by atoms with van der Waals surface area (Å²) in [4.78, 5) is 11.7. The lowest BCUT2D eigenvalue weighted by Gasteiger charge is -2.42. The third-order valence-electron chi connectivity index (χ3n) is 8.56. The normalized spacial score (nSPS) is 22.5. The van der Waals surface area contributed by atoms with Crippen LogP contribution in [-0.4, -0.2) is 82.3 Å². The molecular weight excluding hydrogens is 584 g/mol. The number of ether oxygens (including phenoxy) is 2. The molecule has 0 amide bonds. The SMILES string of the molecule is C[C@@H]1CN([C@H]2CC[C@H](n3cc(Nc4ncc(-c5ccc(C#N)c(O[C@@H](C)Cn6cnnn6)c5)cn4)c(CC#N)n3)CC2)C[C@H](C)O1. The van der Waals surface area contributed by atoms with Crippen molar-refractivity contribution in [3.63, 3.8) is 0 Å². The summed E-state index contributed by atoms with van der Waals surface area (Å²) in [6.45, 7) is 8.61. The van der Waals surface area contributed by atoms with Gasteiger partial charge in [-0.1, -0.05) is 6.07 Å². The number of nitrogens with zero attached hydrogens (tertiary/aromatic N) is 11. The zero-order valence-corrected chi connectivity index (χ0v) is 26.3. The number of anilines is 2. The van der Waals surface area contributed by atoms with Crippen LogP contribution in [0.15, 0.2) is 43.1 Å². The molecular formula is C32H38N12O2. The Morgan fingerprint density at radius 1 is 1.04 bits per heavy atom. The van der Waals surface area contributed by atoms with Gasteiger partial charge in [0.2, 0.25) is 5.95 Å². The van der Waals surface area contributed by atoms with Crippen molar-refractivity contribution in [1.82, 2.24) is 44.9 Å². The van der Waals surface area contributed by atoms with Crippen LogP contribution in [-0.2, 0) is 17.7 Å². The minimum atomic E-state index is -0.273. The highest BCUT2D eigenvalue weighted by Crippen LogP contribution is 2.34. The first kappa shape index (κ1) is 31.1. The van der Waals surface area contributed by atoms with Crippen LogP contribution >= 0.6 is 0 Å². The lowest BCUT2D eigenvalue weighted by Crippen LogP contribution is -2.51. The average Bonchev–Trinajstić information content (AvgIpc) is 3.71. The summed E-state index contributed by atoms with van der Waals surface area (Å²) in [5, 5.41) is 38.3. The summed E-state index contributed by atoms with van der Waals surface area (Å²) in [5.74, 6) is 0.862. The maximum Gasteiger partial charge on any atom is 0.227 e. The van der Waals surface area contributed by atoms with Crippen LogP contribution in [0.1, 0.15) is 63.8 Å². The molecule has 0 bridgehead atoms. The number of benzene rings is 1. The van der Waals surface area contributed by atoms with E-state index in [0.29, 0.717) is 35.5 Å². The first-order chi connectivity index (χ1) is 22.4. The molecule has 1 aromatic carbocycles. The Morgan fingerprint density at radius 2 is 1.78 bits per heavy atom. The van der Waals surface area contributed by atoms with Gasteiger partial charge in [0.25, 0.3) is 0 Å². The number of hydrogen-bond donors (Lipinski definition) is 1. The number of tetrazole rings is 1. The molecule has 4 aromatic rings. The van der Waals surface area contributed by atoms with E-state index in [9.17, 15) is 10.5 Å². The minimum absolute atomic E-state index is 0.187. The van der Waals surface area contributed by atoms with Gasteiger partial charge in [-0.3, -0.25) is 9.58 Å². The zero-order chi connectivity index (χ0) is 32.0. The molecule has 1 saturated heterocycles. The van der Waals surface area contributed by atoms with E-state index in [1.54, 1.807) is 23.1 Å². The fourth-order valence-corrected chi connectivity index (χ4v) is 6.46. The second-order valence-electron chi connectivity index (χ2n) is 12.2. The van der Waals surface area contributed by atoms with Crippen LogP contribution in [0.25, 0.3) is 11.1 Å². The van der Waals surface area contributed by atoms with E-state index in [1.807, 2.05) is 29.9 Å². The van der Waals surface area contributed by atoms with Crippen molar-refractivity contribution in [2.45, 2.75) is 89.8 Å². The Morgan fingerprint density at radius 3 is 2.46 bits per heavy atom. The van der Waals surface area contributed by atoms with Crippen molar-refractivity contribution < 1.29 is 9.47 Å². The largest absolute Gasteiger partial charge is 0.487 e. The monoisotopic (exact) mass is 622 g/mol. The molecule has 1 saturated carbocycles. The first-order valence-electron chi connectivity index (χ1n) is 15.7. The highest BCUT2D eigenvalue weighted by atomic mass is 16.5. The maximum absolute atomic E-state index is 9.62. The highest BCUT2D eigenvalue weighted by molar-refractivity contribution is 5.67. The Hall–Kier alpha value is -4.92. The van der Waals surface area contributed by atoms with Crippen LogP contribution in [0.4, 0.5) is 11.6 Å². The van der Waals surface area contributed by atoms with Gasteiger partial charge in [-0.2, -0.15) is 15.6 Å². The molecule has 2 fully saturated rings. The molecule has 238 valence electrons. The second-order valence-corrected chi connectivity index (χ2v) is 12.2. The number of nitrogens with one attached hydrogen (secondary N) is 1. The van der Waals surface area contributed by atoms with Crippen molar-refractivity contribution in [2.24, 2.45) is 0 Å². The molecule has 1 N–H and O–H groups in total. The zero-order valence-electron chi connectivity index (χ0n) is 26.3. The second kappa shape index (κ2) is 14.0. The molecule has 2 aliphatic rings. The van der Waals surface area contributed by atoms with Gasteiger partial charge in [-0.05, 0) is 74.6 Å².